The first-order chi connectivity index (χ1) is 15.8. The minimum Gasteiger partial charge on any atom is -0.365 e. The normalized spacial score (nSPS) is 26.1. The van der Waals surface area contributed by atoms with E-state index in [0.717, 1.165) is 17.4 Å². The molecule has 3 atom stereocenters. The molecule has 0 aliphatic carbocycles. The number of nitrogens with one attached hydrogen (secondary N) is 1. The van der Waals surface area contributed by atoms with Gasteiger partial charge in [0.25, 0.3) is 5.91 Å². The summed E-state index contributed by atoms with van der Waals surface area (Å²) in [7, 11) is -2.95. The van der Waals surface area contributed by atoms with Crippen molar-refractivity contribution in [2.45, 2.75) is 31.2 Å². The van der Waals surface area contributed by atoms with Crippen molar-refractivity contribution in [2.75, 3.05) is 41.4 Å². The van der Waals surface area contributed by atoms with Gasteiger partial charge in [-0.1, -0.05) is 23.9 Å². The average Bonchev–Trinajstić information content (AvgIpc) is 3.26. The monoisotopic (exact) mass is 484 g/mol. The smallest absolute Gasteiger partial charge is 0.253 e. The van der Waals surface area contributed by atoms with Crippen LogP contribution in [0.2, 0.25) is 0 Å². The molecule has 1 N–H and O–H groups in total. The van der Waals surface area contributed by atoms with E-state index in [1.807, 2.05) is 29.2 Å². The van der Waals surface area contributed by atoms with Gasteiger partial charge >= 0.3 is 0 Å². The molecule has 2 aromatic rings. The van der Waals surface area contributed by atoms with Gasteiger partial charge in [-0.25, -0.2) is 8.42 Å². The van der Waals surface area contributed by atoms with Crippen LogP contribution in [0, 0.1) is 6.92 Å². The summed E-state index contributed by atoms with van der Waals surface area (Å²) in [5.41, 5.74) is 3.96. The molecule has 3 heterocycles. The quantitative estimate of drug-likeness (QED) is 0.721. The maximum absolute atomic E-state index is 13.1. The van der Waals surface area contributed by atoms with Gasteiger partial charge in [0, 0.05) is 47.9 Å². The second-order valence-electron chi connectivity index (χ2n) is 9.07. The maximum atomic E-state index is 13.1. The summed E-state index contributed by atoms with van der Waals surface area (Å²) in [6.07, 6.45) is 0. The molecule has 0 saturated carbocycles. The molecule has 0 unspecified atom stereocenters. The van der Waals surface area contributed by atoms with Crippen molar-refractivity contribution >= 4 is 44.0 Å². The van der Waals surface area contributed by atoms with E-state index >= 15 is 0 Å². The van der Waals surface area contributed by atoms with Crippen molar-refractivity contribution in [3.63, 3.8) is 0 Å². The molecule has 3 aliphatic heterocycles. The lowest BCUT2D eigenvalue weighted by molar-refractivity contribution is 0.0726. The third kappa shape index (κ3) is 4.75. The highest BCUT2D eigenvalue weighted by atomic mass is 32.2. The van der Waals surface area contributed by atoms with Crippen LogP contribution >= 0.6 is 11.8 Å². The second kappa shape index (κ2) is 8.68. The maximum Gasteiger partial charge on any atom is 0.253 e. The zero-order chi connectivity index (χ0) is 23.2. The molecule has 33 heavy (non-hydrogen) atoms. The Labute approximate surface area is 199 Å². The number of hydrogen-bond acceptors (Lipinski definition) is 7. The Morgan fingerprint density at radius 3 is 2.61 bits per heavy atom. The zero-order valence-corrected chi connectivity index (χ0v) is 20.4. The van der Waals surface area contributed by atoms with Crippen molar-refractivity contribution in [3.8, 4) is 0 Å². The lowest BCUT2D eigenvalue weighted by Gasteiger charge is -2.41. The summed E-state index contributed by atoms with van der Waals surface area (Å²) in [5, 5.41) is 4.03. The van der Waals surface area contributed by atoms with E-state index in [-0.39, 0.29) is 34.7 Å². The molecule has 1 amide bonds. The molecule has 0 bridgehead atoms. The van der Waals surface area contributed by atoms with E-state index < -0.39 is 9.84 Å². The molecule has 5 rings (SSSR count). The summed E-state index contributed by atoms with van der Waals surface area (Å²) in [4.78, 5) is 21.9. The van der Waals surface area contributed by atoms with Crippen LogP contribution < -0.4 is 10.2 Å². The fraction of sp³-hybridized carbons (Fsp3) is 0.417. The number of rotatable bonds is 3. The number of carbonyl (C=O) groups excluding carboxylic acids is 1. The van der Waals surface area contributed by atoms with Gasteiger partial charge in [0.2, 0.25) is 0 Å². The third-order valence-corrected chi connectivity index (χ3v) is 9.59. The predicted octanol–water partition coefficient (Wildman–Crippen LogP) is 3.03. The van der Waals surface area contributed by atoms with Gasteiger partial charge in [-0.3, -0.25) is 9.79 Å². The van der Waals surface area contributed by atoms with Gasteiger partial charge in [-0.2, -0.15) is 0 Å². The van der Waals surface area contributed by atoms with Gasteiger partial charge in [0.15, 0.2) is 15.0 Å². The Bertz CT molecular complexity index is 1200. The summed E-state index contributed by atoms with van der Waals surface area (Å²) in [5.74, 6) is 0.378. The standard InChI is InChI=1S/C24H28N4O3S2/c1-16-4-3-5-20(12-16)28-11-10-27(13-17(28)2)23(29)18-6-8-19(9-7-18)25-24-26-21-14-33(30,31)15-22(21)32-24/h3-9,12,17,21-22H,10-11,13-15H2,1-2H3,(H,25,26)/t17-,21+,22-/m0/s1. The van der Waals surface area contributed by atoms with Gasteiger partial charge in [0.05, 0.1) is 17.5 Å². The van der Waals surface area contributed by atoms with Crippen LogP contribution in [0.15, 0.2) is 53.5 Å². The summed E-state index contributed by atoms with van der Waals surface area (Å²) >= 11 is 1.49. The van der Waals surface area contributed by atoms with E-state index in [1.165, 1.54) is 23.0 Å². The molecular weight excluding hydrogens is 456 g/mol. The Morgan fingerprint density at radius 2 is 1.91 bits per heavy atom. The van der Waals surface area contributed by atoms with Crippen molar-refractivity contribution in [1.29, 1.82) is 0 Å². The topological polar surface area (TPSA) is 82.1 Å². The Hall–Kier alpha value is -2.52. The van der Waals surface area contributed by atoms with Crippen LogP contribution in [0.3, 0.4) is 0 Å². The zero-order valence-electron chi connectivity index (χ0n) is 18.8. The Kier molecular flexibility index (Phi) is 5.86. The lowest BCUT2D eigenvalue weighted by atomic mass is 10.1. The molecule has 0 aromatic heterocycles. The van der Waals surface area contributed by atoms with Crippen LogP contribution in [-0.4, -0.2) is 72.9 Å². The molecule has 2 aromatic carbocycles. The number of amidine groups is 1. The first-order valence-electron chi connectivity index (χ1n) is 11.2. The van der Waals surface area contributed by atoms with Crippen LogP contribution in [0.1, 0.15) is 22.8 Å². The average molecular weight is 485 g/mol. The molecule has 0 spiro atoms. The fourth-order valence-corrected chi connectivity index (χ4v) is 8.43. The number of nitrogens with zero attached hydrogens (tertiary/aromatic N) is 3. The van der Waals surface area contributed by atoms with Gasteiger partial charge in [-0.15, -0.1) is 0 Å². The number of amides is 1. The Balaban J connectivity index is 1.19. The van der Waals surface area contributed by atoms with E-state index in [4.69, 9.17) is 0 Å². The molecule has 2 saturated heterocycles. The van der Waals surface area contributed by atoms with E-state index in [9.17, 15) is 13.2 Å². The highest BCUT2D eigenvalue weighted by Gasteiger charge is 2.42. The SMILES string of the molecule is Cc1cccc(N2CCN(C(=O)c3ccc(NC4=N[C@@H]5CS(=O)(=O)C[C@@H]5S4)cc3)C[C@@H]2C)c1. The molecule has 3 aliphatic rings. The molecule has 7 nitrogen and oxygen atoms in total. The summed E-state index contributed by atoms with van der Waals surface area (Å²) in [6.45, 7) is 6.45. The van der Waals surface area contributed by atoms with Crippen molar-refractivity contribution in [3.05, 3.63) is 59.7 Å². The van der Waals surface area contributed by atoms with Crippen molar-refractivity contribution < 1.29 is 13.2 Å². The number of sulfone groups is 1. The predicted molar refractivity (Wildman–Crippen MR) is 135 cm³/mol. The summed E-state index contributed by atoms with van der Waals surface area (Å²) < 4.78 is 23.4. The molecule has 0 radical (unpaired) electrons. The summed E-state index contributed by atoms with van der Waals surface area (Å²) in [6, 6.07) is 16.0. The van der Waals surface area contributed by atoms with Gasteiger partial charge in [0.1, 0.15) is 0 Å². The van der Waals surface area contributed by atoms with E-state index in [2.05, 4.69) is 53.3 Å². The number of benzene rings is 2. The number of anilines is 2. The molecule has 174 valence electrons. The number of aliphatic imine (C=N–C) groups is 1. The molecule has 9 heteroatoms. The number of aryl methyl sites for hydroxylation is 1. The van der Waals surface area contributed by atoms with Crippen LogP contribution in [0.5, 0.6) is 0 Å². The van der Waals surface area contributed by atoms with Crippen molar-refractivity contribution in [2.24, 2.45) is 4.99 Å². The minimum absolute atomic E-state index is 0.0128. The van der Waals surface area contributed by atoms with E-state index in [0.29, 0.717) is 18.7 Å². The Morgan fingerprint density at radius 1 is 1.12 bits per heavy atom. The molecule has 2 fully saturated rings. The first kappa shape index (κ1) is 22.3. The van der Waals surface area contributed by atoms with Crippen LogP contribution in [-0.2, 0) is 9.84 Å². The van der Waals surface area contributed by atoms with Gasteiger partial charge in [-0.05, 0) is 55.8 Å². The third-order valence-electron chi connectivity index (χ3n) is 6.45. The number of thioether (sulfide) groups is 1. The highest BCUT2D eigenvalue weighted by Crippen LogP contribution is 2.34. The molecular formula is C24H28N4O3S2. The van der Waals surface area contributed by atoms with Crippen molar-refractivity contribution in [1.82, 2.24) is 4.90 Å². The number of hydrogen-bond donors (Lipinski definition) is 1. The highest BCUT2D eigenvalue weighted by molar-refractivity contribution is 8.15. The van der Waals surface area contributed by atoms with Crippen LogP contribution in [0.25, 0.3) is 0 Å². The second-order valence-corrected chi connectivity index (χ2v) is 12.5. The largest absolute Gasteiger partial charge is 0.365 e. The fourth-order valence-electron chi connectivity index (χ4n) is 4.75. The van der Waals surface area contributed by atoms with E-state index in [1.54, 1.807) is 0 Å². The van der Waals surface area contributed by atoms with Gasteiger partial charge < -0.3 is 15.1 Å². The number of carbonyl (C=O) groups is 1. The minimum atomic E-state index is -2.95. The number of piperazine rings is 1. The lowest BCUT2D eigenvalue weighted by Crippen LogP contribution is -2.53. The first-order valence-corrected chi connectivity index (χ1v) is 13.9. The van der Waals surface area contributed by atoms with Crippen LogP contribution in [0.4, 0.5) is 11.4 Å². The number of fused-ring (bicyclic) bond motifs is 1.